The van der Waals surface area contributed by atoms with Gasteiger partial charge >= 0.3 is 6.18 Å². The van der Waals surface area contributed by atoms with Crippen molar-refractivity contribution in [2.75, 3.05) is 0 Å². The smallest absolute Gasteiger partial charge is 0.389 e. The van der Waals surface area contributed by atoms with Crippen molar-refractivity contribution in [2.24, 2.45) is 0 Å². The van der Waals surface area contributed by atoms with Crippen LogP contribution in [0.15, 0.2) is 50.9 Å². The van der Waals surface area contributed by atoms with Gasteiger partial charge in [-0.05, 0) is 36.8 Å². The minimum atomic E-state index is -4.38. The summed E-state index contributed by atoms with van der Waals surface area (Å²) in [6.07, 6.45) is -4.15. The lowest BCUT2D eigenvalue weighted by molar-refractivity contribution is -0.137. The van der Waals surface area contributed by atoms with Crippen molar-refractivity contribution < 1.29 is 18.3 Å². The Morgan fingerprint density at radius 2 is 1.95 bits per heavy atom. The summed E-state index contributed by atoms with van der Waals surface area (Å²) in [5.41, 5.74) is -0.0165. The maximum absolute atomic E-state index is 12.4. The predicted molar refractivity (Wildman–Crippen MR) is 78.1 cm³/mol. The number of nitrogens with zero attached hydrogens (tertiary/aromatic N) is 1. The van der Waals surface area contributed by atoms with E-state index in [-0.39, 0.29) is 0 Å². The van der Waals surface area contributed by atoms with Gasteiger partial charge in [-0.3, -0.25) is 0 Å². The lowest BCUT2D eigenvalue weighted by Gasteiger charge is -2.10. The van der Waals surface area contributed by atoms with Crippen LogP contribution in [-0.4, -0.2) is 10.1 Å². The molecule has 1 aromatic heterocycles. The Kier molecular flexibility index (Phi) is 4.95. The van der Waals surface area contributed by atoms with Crippen LogP contribution in [0.4, 0.5) is 13.2 Å². The van der Waals surface area contributed by atoms with E-state index >= 15 is 0 Å². The Bertz CT molecular complexity index is 629. The number of hydrogen-bond acceptors (Lipinski definition) is 3. The van der Waals surface area contributed by atoms with Crippen molar-refractivity contribution in [1.29, 1.82) is 0 Å². The molecular formula is C14H11BrF3NOS. The number of pyridine rings is 1. The zero-order valence-corrected chi connectivity index (χ0v) is 13.3. The molecule has 1 atom stereocenters. The number of halogens is 4. The topological polar surface area (TPSA) is 33.1 Å². The van der Waals surface area contributed by atoms with Gasteiger partial charge in [-0.15, -0.1) is 0 Å². The van der Waals surface area contributed by atoms with E-state index in [9.17, 15) is 18.3 Å². The van der Waals surface area contributed by atoms with Gasteiger partial charge in [-0.25, -0.2) is 4.98 Å². The Morgan fingerprint density at radius 3 is 2.43 bits per heavy atom. The molecule has 112 valence electrons. The van der Waals surface area contributed by atoms with Gasteiger partial charge in [0.15, 0.2) is 0 Å². The molecule has 0 radical (unpaired) electrons. The van der Waals surface area contributed by atoms with E-state index in [4.69, 9.17) is 0 Å². The Hall–Kier alpha value is -1.05. The van der Waals surface area contributed by atoms with Gasteiger partial charge in [-0.2, -0.15) is 13.2 Å². The number of rotatable bonds is 3. The number of aromatic nitrogens is 1. The van der Waals surface area contributed by atoms with Gasteiger partial charge in [0, 0.05) is 15.6 Å². The van der Waals surface area contributed by atoms with Crippen molar-refractivity contribution in [3.05, 3.63) is 52.1 Å². The molecule has 0 spiro atoms. The largest absolute Gasteiger partial charge is 0.417 e. The molecule has 0 aliphatic heterocycles. The minimum Gasteiger partial charge on any atom is -0.389 e. The molecule has 7 heteroatoms. The highest BCUT2D eigenvalue weighted by Crippen LogP contribution is 2.34. The van der Waals surface area contributed by atoms with Crippen molar-refractivity contribution >= 4 is 27.7 Å². The van der Waals surface area contributed by atoms with Crippen molar-refractivity contribution in [1.82, 2.24) is 4.98 Å². The lowest BCUT2D eigenvalue weighted by atomic mass is 10.1. The van der Waals surface area contributed by atoms with Crippen LogP contribution in [0, 0.1) is 0 Å². The minimum absolute atomic E-state index is 0.472. The molecule has 0 amide bonds. The van der Waals surface area contributed by atoms with Crippen LogP contribution in [0.3, 0.4) is 0 Å². The molecule has 2 nitrogen and oxygen atoms in total. The summed E-state index contributed by atoms with van der Waals surface area (Å²) in [5, 5.41) is 10.0. The van der Waals surface area contributed by atoms with Gasteiger partial charge in [-0.1, -0.05) is 33.8 Å². The first-order chi connectivity index (χ1) is 9.77. The first-order valence-electron chi connectivity index (χ1n) is 5.96. The summed E-state index contributed by atoms with van der Waals surface area (Å²) in [6.45, 7) is 1.66. The molecule has 1 heterocycles. The van der Waals surface area contributed by atoms with Crippen LogP contribution in [0.1, 0.15) is 24.2 Å². The summed E-state index contributed by atoms with van der Waals surface area (Å²) < 4.78 is 38.1. The second kappa shape index (κ2) is 6.37. The zero-order chi connectivity index (χ0) is 15.6. The van der Waals surface area contributed by atoms with Crippen LogP contribution in [-0.2, 0) is 6.18 Å². The van der Waals surface area contributed by atoms with E-state index in [1.807, 2.05) is 0 Å². The van der Waals surface area contributed by atoms with E-state index < -0.39 is 17.8 Å². The summed E-state index contributed by atoms with van der Waals surface area (Å²) in [5.74, 6) is 0. The van der Waals surface area contributed by atoms with Crippen LogP contribution in [0.2, 0.25) is 0 Å². The third kappa shape index (κ3) is 4.21. The quantitative estimate of drug-likeness (QED) is 0.810. The molecule has 1 N–H and O–H groups in total. The number of hydrogen-bond donors (Lipinski definition) is 1. The van der Waals surface area contributed by atoms with E-state index in [0.717, 1.165) is 27.2 Å². The van der Waals surface area contributed by atoms with Crippen LogP contribution in [0.25, 0.3) is 0 Å². The highest BCUT2D eigenvalue weighted by Gasteiger charge is 2.30. The third-order valence-electron chi connectivity index (χ3n) is 2.71. The molecule has 0 aliphatic rings. The summed E-state index contributed by atoms with van der Waals surface area (Å²) >= 11 is 4.61. The fourth-order valence-electron chi connectivity index (χ4n) is 1.64. The second-order valence-corrected chi connectivity index (χ2v) is 6.29. The van der Waals surface area contributed by atoms with Gasteiger partial charge in [0.2, 0.25) is 0 Å². The van der Waals surface area contributed by atoms with E-state index in [1.165, 1.54) is 17.8 Å². The predicted octanol–water partition coefficient (Wildman–Crippen LogP) is 5.07. The number of alkyl halides is 3. The maximum atomic E-state index is 12.4. The van der Waals surface area contributed by atoms with Crippen LogP contribution < -0.4 is 0 Å². The van der Waals surface area contributed by atoms with Crippen LogP contribution in [0.5, 0.6) is 0 Å². The van der Waals surface area contributed by atoms with Crippen molar-refractivity contribution in [2.45, 2.75) is 29.1 Å². The molecule has 2 rings (SSSR count). The summed E-state index contributed by atoms with van der Waals surface area (Å²) in [6, 6.07) is 7.70. The molecule has 2 aromatic rings. The van der Waals surface area contributed by atoms with Crippen molar-refractivity contribution in [3.63, 3.8) is 0 Å². The summed E-state index contributed by atoms with van der Waals surface area (Å²) in [7, 11) is 0. The fraction of sp³-hybridized carbons (Fsp3) is 0.214. The first kappa shape index (κ1) is 16.3. The Morgan fingerprint density at radius 1 is 1.24 bits per heavy atom. The van der Waals surface area contributed by atoms with Gasteiger partial charge in [0.1, 0.15) is 5.03 Å². The first-order valence-corrected chi connectivity index (χ1v) is 7.57. The molecule has 21 heavy (non-hydrogen) atoms. The van der Waals surface area contributed by atoms with E-state index in [0.29, 0.717) is 5.03 Å². The molecule has 0 bridgehead atoms. The average Bonchev–Trinajstić information content (AvgIpc) is 2.38. The second-order valence-electron chi connectivity index (χ2n) is 4.34. The SMILES string of the molecule is C[C@@H](O)c1ccc(Sc2ccc(C(F)(F)F)cn2)cc1Br. The van der Waals surface area contributed by atoms with Crippen LogP contribution >= 0.6 is 27.7 Å². The third-order valence-corrected chi connectivity index (χ3v) is 4.34. The zero-order valence-electron chi connectivity index (χ0n) is 10.9. The molecule has 0 aliphatic carbocycles. The Balaban J connectivity index is 2.17. The molecule has 0 fully saturated rings. The number of aliphatic hydroxyl groups excluding tert-OH is 1. The van der Waals surface area contributed by atoms with Gasteiger partial charge in [0.25, 0.3) is 0 Å². The molecule has 0 unspecified atom stereocenters. The number of benzene rings is 1. The molecule has 0 saturated heterocycles. The highest BCUT2D eigenvalue weighted by atomic mass is 79.9. The van der Waals surface area contributed by atoms with E-state index in [1.54, 1.807) is 25.1 Å². The average molecular weight is 378 g/mol. The Labute approximate surface area is 132 Å². The van der Waals surface area contributed by atoms with E-state index in [2.05, 4.69) is 20.9 Å². The fourth-order valence-corrected chi connectivity index (χ4v) is 3.30. The standard InChI is InChI=1S/C14H11BrF3NOS/c1-8(20)11-4-3-10(6-12(11)15)21-13-5-2-9(7-19-13)14(16,17)18/h2-8,20H,1H3/t8-/m1/s1. The highest BCUT2D eigenvalue weighted by molar-refractivity contribution is 9.10. The van der Waals surface area contributed by atoms with Crippen molar-refractivity contribution in [3.8, 4) is 0 Å². The molecule has 1 aromatic carbocycles. The number of aliphatic hydroxyl groups is 1. The molecule has 0 saturated carbocycles. The maximum Gasteiger partial charge on any atom is 0.417 e. The molecular weight excluding hydrogens is 367 g/mol. The van der Waals surface area contributed by atoms with Gasteiger partial charge in [0.05, 0.1) is 11.7 Å². The summed E-state index contributed by atoms with van der Waals surface area (Å²) in [4.78, 5) is 4.62. The normalized spacial score (nSPS) is 13.2. The monoisotopic (exact) mass is 377 g/mol. The lowest BCUT2D eigenvalue weighted by Crippen LogP contribution is -2.04. The van der Waals surface area contributed by atoms with Gasteiger partial charge < -0.3 is 5.11 Å².